The number of urea groups is 1. The third kappa shape index (κ3) is 5.08. The zero-order valence-corrected chi connectivity index (χ0v) is 14.8. The lowest BCUT2D eigenvalue weighted by Crippen LogP contribution is -2.52. The van der Waals surface area contributed by atoms with Gasteiger partial charge in [-0.15, -0.1) is 11.3 Å². The number of rotatable bonds is 6. The molecule has 3 rings (SSSR count). The van der Waals surface area contributed by atoms with Gasteiger partial charge in [-0.2, -0.15) is 0 Å². The van der Waals surface area contributed by atoms with Crippen LogP contribution in [0.15, 0.2) is 47.8 Å². The van der Waals surface area contributed by atoms with Crippen LogP contribution in [-0.4, -0.2) is 55.1 Å². The largest absolute Gasteiger partial charge is 0.338 e. The van der Waals surface area contributed by atoms with E-state index in [1.54, 1.807) is 11.3 Å². The summed E-state index contributed by atoms with van der Waals surface area (Å²) in [6, 6.07) is 14.8. The number of thiophene rings is 1. The summed E-state index contributed by atoms with van der Waals surface area (Å²) in [5.41, 5.74) is 1.38. The number of amides is 2. The van der Waals surface area contributed by atoms with Crippen LogP contribution in [0.25, 0.3) is 0 Å². The maximum atomic E-state index is 12.2. The van der Waals surface area contributed by atoms with Crippen molar-refractivity contribution in [2.45, 2.75) is 12.8 Å². The first-order valence-electron chi connectivity index (χ1n) is 8.63. The lowest BCUT2D eigenvalue weighted by atomic mass is 10.1. The monoisotopic (exact) mass is 343 g/mol. The van der Waals surface area contributed by atoms with Gasteiger partial charge < -0.3 is 10.2 Å². The van der Waals surface area contributed by atoms with Crippen molar-refractivity contribution in [1.29, 1.82) is 0 Å². The molecule has 1 aliphatic heterocycles. The Morgan fingerprint density at radius 1 is 1.00 bits per heavy atom. The van der Waals surface area contributed by atoms with Gasteiger partial charge in [0.1, 0.15) is 0 Å². The van der Waals surface area contributed by atoms with Crippen molar-refractivity contribution in [3.63, 3.8) is 0 Å². The fourth-order valence-electron chi connectivity index (χ4n) is 2.97. The predicted molar refractivity (Wildman–Crippen MR) is 99.6 cm³/mol. The topological polar surface area (TPSA) is 35.6 Å². The molecule has 5 heteroatoms. The normalized spacial score (nSPS) is 15.4. The number of hydrogen-bond acceptors (Lipinski definition) is 3. The molecule has 2 amide bonds. The minimum absolute atomic E-state index is 0.0780. The van der Waals surface area contributed by atoms with Gasteiger partial charge in [0.25, 0.3) is 0 Å². The van der Waals surface area contributed by atoms with E-state index in [1.165, 1.54) is 10.4 Å². The first kappa shape index (κ1) is 17.0. The molecule has 4 nitrogen and oxygen atoms in total. The molecule has 0 atom stereocenters. The van der Waals surface area contributed by atoms with E-state index in [0.29, 0.717) is 6.54 Å². The highest BCUT2D eigenvalue weighted by Gasteiger charge is 2.20. The van der Waals surface area contributed by atoms with Crippen molar-refractivity contribution in [3.8, 4) is 0 Å². The summed E-state index contributed by atoms with van der Waals surface area (Å²) in [5.74, 6) is 0. The van der Waals surface area contributed by atoms with Crippen molar-refractivity contribution in [2.75, 3.05) is 39.3 Å². The highest BCUT2D eigenvalue weighted by atomic mass is 32.1. The van der Waals surface area contributed by atoms with Crippen LogP contribution in [0.3, 0.4) is 0 Å². The third-order valence-corrected chi connectivity index (χ3v) is 5.38. The van der Waals surface area contributed by atoms with E-state index in [-0.39, 0.29) is 6.03 Å². The van der Waals surface area contributed by atoms with E-state index < -0.39 is 0 Å². The Morgan fingerprint density at radius 3 is 2.50 bits per heavy atom. The Balaban J connectivity index is 1.33. The quantitative estimate of drug-likeness (QED) is 0.875. The minimum atomic E-state index is 0.0780. The van der Waals surface area contributed by atoms with Crippen molar-refractivity contribution in [1.82, 2.24) is 15.1 Å². The summed E-state index contributed by atoms with van der Waals surface area (Å²) in [6.45, 7) is 5.35. The van der Waals surface area contributed by atoms with Gasteiger partial charge in [-0.05, 0) is 29.9 Å². The van der Waals surface area contributed by atoms with Gasteiger partial charge in [0.05, 0.1) is 0 Å². The Morgan fingerprint density at radius 2 is 1.79 bits per heavy atom. The number of nitrogens with zero attached hydrogens (tertiary/aromatic N) is 2. The zero-order valence-electron chi connectivity index (χ0n) is 14.0. The SMILES string of the molecule is O=C(NCCc1cccs1)N1CCN(CCc2ccccc2)CC1. The molecule has 1 aromatic heterocycles. The third-order valence-electron chi connectivity index (χ3n) is 4.45. The maximum absolute atomic E-state index is 12.2. The van der Waals surface area contributed by atoms with Crippen LogP contribution in [0.4, 0.5) is 4.79 Å². The molecule has 1 aliphatic rings. The molecule has 1 saturated heterocycles. The predicted octanol–water partition coefficient (Wildman–Crippen LogP) is 2.86. The first-order chi connectivity index (χ1) is 11.8. The second-order valence-electron chi connectivity index (χ2n) is 6.13. The Labute approximate surface area is 148 Å². The second kappa shape index (κ2) is 8.85. The van der Waals surface area contributed by atoms with Crippen LogP contribution in [0, 0.1) is 0 Å². The van der Waals surface area contributed by atoms with Crippen LogP contribution in [0.2, 0.25) is 0 Å². The molecule has 0 spiro atoms. The average molecular weight is 343 g/mol. The summed E-state index contributed by atoms with van der Waals surface area (Å²) in [4.78, 5) is 17.9. The van der Waals surface area contributed by atoms with Crippen molar-refractivity contribution in [3.05, 3.63) is 58.3 Å². The summed E-state index contributed by atoms with van der Waals surface area (Å²) < 4.78 is 0. The average Bonchev–Trinajstić information content (AvgIpc) is 3.15. The molecular formula is C19H25N3OS. The molecule has 128 valence electrons. The molecule has 1 N–H and O–H groups in total. The molecule has 0 unspecified atom stereocenters. The van der Waals surface area contributed by atoms with E-state index >= 15 is 0 Å². The standard InChI is InChI=1S/C19H25N3OS/c23-19(20-10-8-18-7-4-16-24-18)22-14-12-21(13-15-22)11-9-17-5-2-1-3-6-17/h1-7,16H,8-15H2,(H,20,23). The van der Waals surface area contributed by atoms with Crippen molar-refractivity contribution in [2.24, 2.45) is 0 Å². The molecule has 2 aromatic rings. The van der Waals surface area contributed by atoms with Gasteiger partial charge in [-0.1, -0.05) is 36.4 Å². The molecule has 0 radical (unpaired) electrons. The number of nitrogens with one attached hydrogen (secondary N) is 1. The lowest BCUT2D eigenvalue weighted by molar-refractivity contribution is 0.140. The molecular weight excluding hydrogens is 318 g/mol. The fourth-order valence-corrected chi connectivity index (χ4v) is 3.67. The lowest BCUT2D eigenvalue weighted by Gasteiger charge is -2.34. The van der Waals surface area contributed by atoms with Crippen LogP contribution in [0.1, 0.15) is 10.4 Å². The van der Waals surface area contributed by atoms with Gasteiger partial charge in [0.2, 0.25) is 0 Å². The van der Waals surface area contributed by atoms with Gasteiger partial charge in [0, 0.05) is 44.1 Å². The number of carbonyl (C=O) groups is 1. The molecule has 0 aliphatic carbocycles. The smallest absolute Gasteiger partial charge is 0.317 e. The Hall–Kier alpha value is -1.85. The molecule has 0 bridgehead atoms. The van der Waals surface area contributed by atoms with Gasteiger partial charge in [0.15, 0.2) is 0 Å². The Kier molecular flexibility index (Phi) is 6.26. The van der Waals surface area contributed by atoms with E-state index in [9.17, 15) is 4.79 Å². The minimum Gasteiger partial charge on any atom is -0.338 e. The van der Waals surface area contributed by atoms with Crippen LogP contribution in [0.5, 0.6) is 0 Å². The van der Waals surface area contributed by atoms with Gasteiger partial charge in [-0.25, -0.2) is 4.79 Å². The number of benzene rings is 1. The highest BCUT2D eigenvalue weighted by Crippen LogP contribution is 2.09. The van der Waals surface area contributed by atoms with Crippen LogP contribution in [-0.2, 0) is 12.8 Å². The number of carbonyl (C=O) groups excluding carboxylic acids is 1. The summed E-state index contributed by atoms with van der Waals surface area (Å²) in [7, 11) is 0. The zero-order chi connectivity index (χ0) is 16.6. The van der Waals surface area contributed by atoms with E-state index in [0.717, 1.165) is 45.6 Å². The fraction of sp³-hybridized carbons (Fsp3) is 0.421. The van der Waals surface area contributed by atoms with E-state index in [4.69, 9.17) is 0 Å². The maximum Gasteiger partial charge on any atom is 0.317 e. The van der Waals surface area contributed by atoms with Gasteiger partial charge in [-0.3, -0.25) is 4.90 Å². The highest BCUT2D eigenvalue weighted by molar-refractivity contribution is 7.09. The molecule has 2 heterocycles. The van der Waals surface area contributed by atoms with E-state index in [1.807, 2.05) is 4.90 Å². The molecule has 1 fully saturated rings. The number of hydrogen-bond donors (Lipinski definition) is 1. The second-order valence-corrected chi connectivity index (χ2v) is 7.16. The molecule has 0 saturated carbocycles. The van der Waals surface area contributed by atoms with E-state index in [2.05, 4.69) is 58.1 Å². The summed E-state index contributed by atoms with van der Waals surface area (Å²) >= 11 is 1.74. The van der Waals surface area contributed by atoms with Crippen LogP contribution < -0.4 is 5.32 Å². The summed E-state index contributed by atoms with van der Waals surface area (Å²) in [6.07, 6.45) is 1.99. The van der Waals surface area contributed by atoms with Gasteiger partial charge >= 0.3 is 6.03 Å². The van der Waals surface area contributed by atoms with Crippen molar-refractivity contribution >= 4 is 17.4 Å². The number of piperazine rings is 1. The first-order valence-corrected chi connectivity index (χ1v) is 9.51. The molecule has 24 heavy (non-hydrogen) atoms. The van der Waals surface area contributed by atoms with Crippen molar-refractivity contribution < 1.29 is 4.79 Å². The van der Waals surface area contributed by atoms with Crippen LogP contribution >= 0.6 is 11.3 Å². The molecule has 1 aromatic carbocycles. The Bertz CT molecular complexity index is 607. The summed E-state index contributed by atoms with van der Waals surface area (Å²) in [5, 5.41) is 5.11.